The van der Waals surface area contributed by atoms with E-state index < -0.39 is 74.6 Å². The van der Waals surface area contributed by atoms with Crippen molar-refractivity contribution in [2.75, 3.05) is 13.2 Å². The van der Waals surface area contributed by atoms with Crippen molar-refractivity contribution in [2.24, 2.45) is 0 Å². The van der Waals surface area contributed by atoms with Crippen molar-refractivity contribution in [3.05, 3.63) is 0 Å². The molecule has 0 aromatic heterocycles. The Kier molecular flexibility index (Phi) is 6.27. The molecule has 2 fully saturated rings. The summed E-state index contributed by atoms with van der Waals surface area (Å²) in [5, 5.41) is 76.8. The minimum atomic E-state index is -1.76. The van der Waals surface area contributed by atoms with Crippen molar-refractivity contribution in [1.29, 1.82) is 0 Å². The van der Waals surface area contributed by atoms with Gasteiger partial charge >= 0.3 is 0 Å². The van der Waals surface area contributed by atoms with E-state index in [2.05, 4.69) is 0 Å². The molecule has 0 aromatic carbocycles. The molecular formula is C12H22O11. The maximum Gasteiger partial charge on any atom is 0.187 e. The molecule has 0 amide bonds. The van der Waals surface area contributed by atoms with Gasteiger partial charge in [0.2, 0.25) is 0 Å². The first-order valence-electron chi connectivity index (χ1n) is 7.08. The fraction of sp³-hybridized carbons (Fsp3) is 1.00. The van der Waals surface area contributed by atoms with Crippen LogP contribution < -0.4 is 0 Å². The molecule has 0 radical (unpaired) electrons. The van der Waals surface area contributed by atoms with Gasteiger partial charge in [0.05, 0.1) is 13.2 Å². The minimum absolute atomic E-state index is 0.667. The Hall–Kier alpha value is -0.440. The Morgan fingerprint density at radius 1 is 0.652 bits per heavy atom. The number of hydrogen-bond donors (Lipinski definition) is 8. The normalized spacial score (nSPS) is 51.7. The second kappa shape index (κ2) is 7.63. The molecule has 11 nitrogen and oxygen atoms in total. The predicted octanol–water partition coefficient (Wildman–Crippen LogP) is -5.40. The Morgan fingerprint density at radius 3 is 1.78 bits per heavy atom. The fourth-order valence-electron chi connectivity index (χ4n) is 2.56. The topological polar surface area (TPSA) is 190 Å². The molecule has 23 heavy (non-hydrogen) atoms. The van der Waals surface area contributed by atoms with Gasteiger partial charge in [-0.3, -0.25) is 0 Å². The number of ether oxygens (including phenoxy) is 3. The largest absolute Gasteiger partial charge is 0.394 e. The van der Waals surface area contributed by atoms with E-state index in [0.717, 1.165) is 0 Å². The van der Waals surface area contributed by atoms with E-state index >= 15 is 0 Å². The third-order valence-corrected chi connectivity index (χ3v) is 3.98. The van der Waals surface area contributed by atoms with Crippen LogP contribution in [0.3, 0.4) is 0 Å². The first-order chi connectivity index (χ1) is 10.8. The van der Waals surface area contributed by atoms with E-state index in [1.165, 1.54) is 0 Å². The summed E-state index contributed by atoms with van der Waals surface area (Å²) >= 11 is 0. The summed E-state index contributed by atoms with van der Waals surface area (Å²) in [5.74, 6) is 0. The Labute approximate surface area is 130 Å². The lowest BCUT2D eigenvalue weighted by Crippen LogP contribution is -2.64. The van der Waals surface area contributed by atoms with Crippen LogP contribution >= 0.6 is 0 Å². The Morgan fingerprint density at radius 2 is 1.22 bits per heavy atom. The second-order valence-corrected chi connectivity index (χ2v) is 5.53. The molecule has 136 valence electrons. The van der Waals surface area contributed by atoms with Crippen molar-refractivity contribution in [3.8, 4) is 0 Å². The molecule has 2 aliphatic heterocycles. The van der Waals surface area contributed by atoms with Gasteiger partial charge in [0.1, 0.15) is 48.8 Å². The number of hydrogen-bond acceptors (Lipinski definition) is 11. The van der Waals surface area contributed by atoms with Crippen molar-refractivity contribution in [2.45, 2.75) is 61.4 Å². The van der Waals surface area contributed by atoms with Crippen LogP contribution in [-0.4, -0.2) is 115 Å². The molecule has 2 heterocycles. The molecule has 11 heteroatoms. The third kappa shape index (κ3) is 3.65. The van der Waals surface area contributed by atoms with Crippen molar-refractivity contribution in [1.82, 2.24) is 0 Å². The van der Waals surface area contributed by atoms with Crippen molar-refractivity contribution in [3.63, 3.8) is 0 Å². The van der Waals surface area contributed by atoms with Gasteiger partial charge < -0.3 is 55.1 Å². The van der Waals surface area contributed by atoms with Gasteiger partial charge in [0.25, 0.3) is 0 Å². The molecular weight excluding hydrogens is 320 g/mol. The van der Waals surface area contributed by atoms with Crippen LogP contribution in [0.1, 0.15) is 0 Å². The first kappa shape index (κ1) is 18.9. The maximum absolute atomic E-state index is 10.00. The molecule has 2 aliphatic rings. The monoisotopic (exact) mass is 342 g/mol. The lowest BCUT2D eigenvalue weighted by molar-refractivity contribution is -0.355. The quantitative estimate of drug-likeness (QED) is 0.243. The fourth-order valence-corrected chi connectivity index (χ4v) is 2.56. The summed E-state index contributed by atoms with van der Waals surface area (Å²) in [6.45, 7) is -1.34. The van der Waals surface area contributed by atoms with E-state index in [0.29, 0.717) is 0 Å². The smallest absolute Gasteiger partial charge is 0.187 e. The van der Waals surface area contributed by atoms with Crippen LogP contribution in [0.15, 0.2) is 0 Å². The molecule has 0 bridgehead atoms. The lowest BCUT2D eigenvalue weighted by Gasteiger charge is -2.45. The zero-order valence-corrected chi connectivity index (χ0v) is 12.0. The SMILES string of the molecule is OC[C@H]1O[C@H](O[C@H]2[C@@H](O)[C@@H](CO)O[C@H](O)[C@H]2O)[C@@H](O)[C@@H](O)[C@H]1O. The molecule has 0 aromatic rings. The molecule has 0 spiro atoms. The van der Waals surface area contributed by atoms with E-state index in [1.54, 1.807) is 0 Å². The minimum Gasteiger partial charge on any atom is -0.394 e. The van der Waals surface area contributed by atoms with Gasteiger partial charge in [-0.2, -0.15) is 0 Å². The molecule has 2 saturated heterocycles. The zero-order chi connectivity index (χ0) is 17.3. The first-order valence-corrected chi connectivity index (χ1v) is 7.08. The number of rotatable bonds is 4. The lowest BCUT2D eigenvalue weighted by atomic mass is 9.97. The van der Waals surface area contributed by atoms with Gasteiger partial charge in [0.15, 0.2) is 12.6 Å². The highest BCUT2D eigenvalue weighted by molar-refractivity contribution is 4.93. The van der Waals surface area contributed by atoms with Gasteiger partial charge in [-0.25, -0.2) is 0 Å². The highest BCUT2D eigenvalue weighted by atomic mass is 16.7. The van der Waals surface area contributed by atoms with Gasteiger partial charge in [-0.15, -0.1) is 0 Å². The van der Waals surface area contributed by atoms with Gasteiger partial charge in [-0.05, 0) is 0 Å². The average molecular weight is 342 g/mol. The Balaban J connectivity index is 2.11. The van der Waals surface area contributed by atoms with Crippen molar-refractivity contribution >= 4 is 0 Å². The summed E-state index contributed by atoms with van der Waals surface area (Å²) in [5.41, 5.74) is 0. The van der Waals surface area contributed by atoms with Crippen LogP contribution in [0.4, 0.5) is 0 Å². The van der Waals surface area contributed by atoms with Crippen LogP contribution in [0, 0.1) is 0 Å². The summed E-state index contributed by atoms with van der Waals surface area (Å²) in [7, 11) is 0. The number of aliphatic hydroxyl groups is 8. The Bertz CT molecular complexity index is 380. The molecule has 8 N–H and O–H groups in total. The van der Waals surface area contributed by atoms with Crippen LogP contribution in [-0.2, 0) is 14.2 Å². The van der Waals surface area contributed by atoms with Crippen LogP contribution in [0.2, 0.25) is 0 Å². The maximum atomic E-state index is 10.00. The van der Waals surface area contributed by atoms with E-state index in [-0.39, 0.29) is 0 Å². The molecule has 0 saturated carbocycles. The standard InChI is InChI=1S/C12H22O11/c13-1-3-5(15)7(17)8(18)12(22-3)23-10-6(16)4(2-14)21-11(20)9(10)19/h3-20H,1-2H2/t3-,4-,5+,6+,7+,8+,9+,10+,11+,12-/m1/s1. The van der Waals surface area contributed by atoms with E-state index in [9.17, 15) is 30.6 Å². The molecule has 0 aliphatic carbocycles. The highest BCUT2D eigenvalue weighted by Crippen LogP contribution is 2.28. The van der Waals surface area contributed by atoms with Gasteiger partial charge in [-0.1, -0.05) is 0 Å². The van der Waals surface area contributed by atoms with Crippen molar-refractivity contribution < 1.29 is 55.1 Å². The summed E-state index contributed by atoms with van der Waals surface area (Å²) < 4.78 is 15.1. The average Bonchev–Trinajstić information content (AvgIpc) is 2.54. The zero-order valence-electron chi connectivity index (χ0n) is 12.0. The number of aliphatic hydroxyl groups excluding tert-OH is 8. The summed E-state index contributed by atoms with van der Waals surface area (Å²) in [6, 6.07) is 0. The highest BCUT2D eigenvalue weighted by Gasteiger charge is 2.50. The second-order valence-electron chi connectivity index (χ2n) is 5.53. The van der Waals surface area contributed by atoms with Crippen LogP contribution in [0.5, 0.6) is 0 Å². The summed E-state index contributed by atoms with van der Waals surface area (Å²) in [6.07, 6.45) is -15.7. The third-order valence-electron chi connectivity index (χ3n) is 3.98. The molecule has 10 atom stereocenters. The molecule has 0 unspecified atom stereocenters. The van der Waals surface area contributed by atoms with E-state index in [1.807, 2.05) is 0 Å². The van der Waals surface area contributed by atoms with E-state index in [4.69, 9.17) is 24.4 Å². The van der Waals surface area contributed by atoms with Crippen LogP contribution in [0.25, 0.3) is 0 Å². The molecule has 2 rings (SSSR count). The predicted molar refractivity (Wildman–Crippen MR) is 68.6 cm³/mol. The summed E-state index contributed by atoms with van der Waals surface area (Å²) in [4.78, 5) is 0. The van der Waals surface area contributed by atoms with Gasteiger partial charge in [0, 0.05) is 0 Å².